The zero-order chi connectivity index (χ0) is 51.4. The minimum atomic E-state index is -0.778. The van der Waals surface area contributed by atoms with Gasteiger partial charge in [0.2, 0.25) is 0 Å². The Bertz CT molecular complexity index is 1320. The Balaban J connectivity index is 4.24. The average molecular weight is 992 g/mol. The molecule has 0 spiro atoms. The fourth-order valence-electron chi connectivity index (χ4n) is 8.64. The Labute approximate surface area is 440 Å². The molecule has 1 unspecified atom stereocenters. The first-order valence-corrected chi connectivity index (χ1v) is 30.4. The van der Waals surface area contributed by atoms with Gasteiger partial charge in [0, 0.05) is 19.3 Å². The maximum absolute atomic E-state index is 12.8. The molecule has 0 fully saturated rings. The van der Waals surface area contributed by atoms with Crippen molar-refractivity contribution in [3.8, 4) is 0 Å². The Morgan fingerprint density at radius 2 is 0.549 bits per heavy atom. The summed E-state index contributed by atoms with van der Waals surface area (Å²) in [5.74, 6) is -0.877. The molecule has 6 heteroatoms. The van der Waals surface area contributed by atoms with Crippen LogP contribution in [0.5, 0.6) is 0 Å². The molecule has 1 atom stereocenters. The van der Waals surface area contributed by atoms with E-state index in [2.05, 4.69) is 93.7 Å². The van der Waals surface area contributed by atoms with Crippen molar-refractivity contribution in [3.05, 3.63) is 72.9 Å². The lowest BCUT2D eigenvalue weighted by atomic mass is 10.0. The van der Waals surface area contributed by atoms with Crippen molar-refractivity contribution in [2.24, 2.45) is 0 Å². The third-order valence-corrected chi connectivity index (χ3v) is 13.2. The monoisotopic (exact) mass is 991 g/mol. The van der Waals surface area contributed by atoms with Gasteiger partial charge in [-0.1, -0.05) is 267 Å². The summed E-state index contributed by atoms with van der Waals surface area (Å²) < 4.78 is 16.9. The van der Waals surface area contributed by atoms with Crippen molar-refractivity contribution >= 4 is 17.9 Å². The highest BCUT2D eigenvalue weighted by atomic mass is 16.6. The zero-order valence-corrected chi connectivity index (χ0v) is 47.0. The van der Waals surface area contributed by atoms with E-state index in [1.165, 1.54) is 167 Å². The van der Waals surface area contributed by atoms with E-state index >= 15 is 0 Å². The number of carbonyl (C=O) groups excluding carboxylic acids is 3. The summed E-state index contributed by atoms with van der Waals surface area (Å²) in [7, 11) is 0. The van der Waals surface area contributed by atoms with Gasteiger partial charge < -0.3 is 14.2 Å². The fraction of sp³-hybridized carbons (Fsp3) is 0.769. The first-order chi connectivity index (χ1) is 35.0. The molecule has 0 aromatic heterocycles. The van der Waals surface area contributed by atoms with Crippen molar-refractivity contribution < 1.29 is 28.6 Å². The SMILES string of the molecule is CC/C=C\C/C=C\C/C=C\C/C=C\C/C=C\CCCCCCCCCCCCCC(=O)OCC(COC(=O)CCCCCCCCCCCCC)OC(=O)CCCCCCC/C=C\CCCCCCCC. The number of rotatable bonds is 55. The number of esters is 3. The second-order valence-electron chi connectivity index (χ2n) is 20.2. The molecule has 0 rings (SSSR count). The first kappa shape index (κ1) is 67.8. The maximum atomic E-state index is 12.8. The lowest BCUT2D eigenvalue weighted by Gasteiger charge is -2.18. The summed E-state index contributed by atoms with van der Waals surface area (Å²) in [5, 5.41) is 0. The van der Waals surface area contributed by atoms with E-state index in [0.29, 0.717) is 19.3 Å². The molecule has 0 aliphatic carbocycles. The van der Waals surface area contributed by atoms with Gasteiger partial charge in [-0.2, -0.15) is 0 Å². The average Bonchev–Trinajstić information content (AvgIpc) is 3.37. The van der Waals surface area contributed by atoms with Crippen LogP contribution in [0, 0.1) is 0 Å². The summed E-state index contributed by atoms with van der Waals surface area (Å²) >= 11 is 0. The van der Waals surface area contributed by atoms with E-state index < -0.39 is 6.10 Å². The topological polar surface area (TPSA) is 78.9 Å². The van der Waals surface area contributed by atoms with Crippen LogP contribution < -0.4 is 0 Å². The van der Waals surface area contributed by atoms with E-state index in [1.807, 2.05) is 0 Å². The third kappa shape index (κ3) is 57.6. The minimum absolute atomic E-state index is 0.0760. The highest BCUT2D eigenvalue weighted by Gasteiger charge is 2.19. The Hall–Kier alpha value is -3.15. The van der Waals surface area contributed by atoms with Gasteiger partial charge in [0.1, 0.15) is 13.2 Å². The smallest absolute Gasteiger partial charge is 0.306 e. The highest BCUT2D eigenvalue weighted by Crippen LogP contribution is 2.16. The lowest BCUT2D eigenvalue weighted by Crippen LogP contribution is -2.30. The summed E-state index contributed by atoms with van der Waals surface area (Å²) in [4.78, 5) is 38.1. The van der Waals surface area contributed by atoms with E-state index in [0.717, 1.165) is 96.3 Å². The maximum Gasteiger partial charge on any atom is 0.306 e. The van der Waals surface area contributed by atoms with Gasteiger partial charge in [0.15, 0.2) is 6.10 Å². The van der Waals surface area contributed by atoms with Crippen molar-refractivity contribution in [3.63, 3.8) is 0 Å². The number of hydrogen-bond donors (Lipinski definition) is 0. The molecule has 0 saturated carbocycles. The molecule has 0 aliphatic rings. The van der Waals surface area contributed by atoms with Gasteiger partial charge in [-0.25, -0.2) is 0 Å². The molecule has 6 nitrogen and oxygen atoms in total. The summed E-state index contributed by atoms with van der Waals surface area (Å²) in [6.07, 6.45) is 76.2. The molecule has 71 heavy (non-hydrogen) atoms. The second kappa shape index (κ2) is 59.4. The Kier molecular flexibility index (Phi) is 56.8. The predicted octanol–water partition coefficient (Wildman–Crippen LogP) is 20.5. The molecule has 0 N–H and O–H groups in total. The molecule has 410 valence electrons. The first-order valence-electron chi connectivity index (χ1n) is 30.4. The van der Waals surface area contributed by atoms with Gasteiger partial charge >= 0.3 is 17.9 Å². The predicted molar refractivity (Wildman–Crippen MR) is 307 cm³/mol. The lowest BCUT2D eigenvalue weighted by molar-refractivity contribution is -0.167. The molecule has 0 aliphatic heterocycles. The number of ether oxygens (including phenoxy) is 3. The van der Waals surface area contributed by atoms with E-state index in [4.69, 9.17) is 14.2 Å². The molecular weight excluding hydrogens is 877 g/mol. The van der Waals surface area contributed by atoms with Crippen molar-refractivity contribution in [1.82, 2.24) is 0 Å². The van der Waals surface area contributed by atoms with Crippen LogP contribution in [0.15, 0.2) is 72.9 Å². The van der Waals surface area contributed by atoms with Crippen LogP contribution in [0.3, 0.4) is 0 Å². The van der Waals surface area contributed by atoms with Crippen LogP contribution in [0.4, 0.5) is 0 Å². The molecule has 0 heterocycles. The van der Waals surface area contributed by atoms with E-state index in [-0.39, 0.29) is 31.1 Å². The van der Waals surface area contributed by atoms with Crippen LogP contribution in [-0.4, -0.2) is 37.2 Å². The minimum Gasteiger partial charge on any atom is -0.462 e. The summed E-state index contributed by atoms with van der Waals surface area (Å²) in [5.41, 5.74) is 0. The Morgan fingerprint density at radius 1 is 0.296 bits per heavy atom. The number of allylic oxidation sites excluding steroid dienone is 12. The van der Waals surface area contributed by atoms with Gasteiger partial charge in [0.25, 0.3) is 0 Å². The van der Waals surface area contributed by atoms with E-state index in [9.17, 15) is 14.4 Å². The molecule has 0 aromatic rings. The largest absolute Gasteiger partial charge is 0.462 e. The summed E-state index contributed by atoms with van der Waals surface area (Å²) in [6, 6.07) is 0. The standard InChI is InChI=1S/C65H114O6/c1-4-7-10-13-16-19-22-24-26-27-28-29-30-31-32-33-34-35-36-37-39-40-43-46-49-52-55-58-64(67)70-61-62(60-69-63(66)57-54-51-48-45-42-21-18-15-12-9-6-3)71-65(68)59-56-53-50-47-44-41-38-25-23-20-17-14-11-8-5-2/h7,10,16,19,24-26,28-29,31-32,38,62H,4-6,8-9,11-15,17-18,20-23,27,30,33-37,39-61H2,1-3H3/b10-7-,19-16-,26-24-,29-28-,32-31-,38-25-. The van der Waals surface area contributed by atoms with Crippen LogP contribution in [-0.2, 0) is 28.6 Å². The van der Waals surface area contributed by atoms with Crippen LogP contribution in [0.25, 0.3) is 0 Å². The molecule has 0 saturated heterocycles. The summed E-state index contributed by atoms with van der Waals surface area (Å²) in [6.45, 7) is 6.53. The molecule has 0 amide bonds. The van der Waals surface area contributed by atoms with Crippen molar-refractivity contribution in [1.29, 1.82) is 0 Å². The molecular formula is C65H114O6. The number of hydrogen-bond acceptors (Lipinski definition) is 6. The fourth-order valence-corrected chi connectivity index (χ4v) is 8.64. The Morgan fingerprint density at radius 3 is 0.873 bits per heavy atom. The zero-order valence-electron chi connectivity index (χ0n) is 47.0. The molecule has 0 bridgehead atoms. The number of unbranched alkanes of at least 4 members (excludes halogenated alkanes) is 32. The van der Waals surface area contributed by atoms with Crippen LogP contribution >= 0.6 is 0 Å². The van der Waals surface area contributed by atoms with Crippen molar-refractivity contribution in [2.75, 3.05) is 13.2 Å². The second-order valence-corrected chi connectivity index (χ2v) is 20.2. The molecule has 0 aromatic carbocycles. The van der Waals surface area contributed by atoms with E-state index in [1.54, 1.807) is 0 Å². The van der Waals surface area contributed by atoms with Gasteiger partial charge in [-0.05, 0) is 89.9 Å². The molecule has 0 radical (unpaired) electrons. The van der Waals surface area contributed by atoms with Gasteiger partial charge in [-0.15, -0.1) is 0 Å². The third-order valence-electron chi connectivity index (χ3n) is 13.2. The normalized spacial score (nSPS) is 12.5. The van der Waals surface area contributed by atoms with Crippen LogP contribution in [0.2, 0.25) is 0 Å². The number of carbonyl (C=O) groups is 3. The van der Waals surface area contributed by atoms with Gasteiger partial charge in [0.05, 0.1) is 0 Å². The highest BCUT2D eigenvalue weighted by molar-refractivity contribution is 5.71. The quantitative estimate of drug-likeness (QED) is 0.0261. The van der Waals surface area contributed by atoms with Crippen molar-refractivity contribution in [2.45, 2.75) is 309 Å². The van der Waals surface area contributed by atoms with Gasteiger partial charge in [-0.3, -0.25) is 14.4 Å². The van der Waals surface area contributed by atoms with Crippen LogP contribution in [0.1, 0.15) is 303 Å².